The molecule has 0 amide bonds. The van der Waals surface area contributed by atoms with Crippen LogP contribution in [0.2, 0.25) is 0 Å². The second-order valence-corrected chi connectivity index (χ2v) is 1.54. The van der Waals surface area contributed by atoms with Crippen molar-refractivity contribution in [3.05, 3.63) is 0 Å². The summed E-state index contributed by atoms with van der Waals surface area (Å²) in [5.74, 6) is 0. The van der Waals surface area contributed by atoms with E-state index in [1.54, 1.807) is 6.92 Å². The molecule has 0 spiro atoms. The van der Waals surface area contributed by atoms with Crippen LogP contribution in [0, 0.1) is 0 Å². The number of aliphatic hydroxyl groups excluding tert-OH is 1. The first-order chi connectivity index (χ1) is 3.66. The Hall–Kier alpha value is 0.880. The van der Waals surface area contributed by atoms with Crippen LogP contribution >= 0.6 is 0 Å². The van der Waals surface area contributed by atoms with Crippen LogP contribution in [-0.2, 0) is 9.47 Å². The molecule has 1 N–H and O–H groups in total. The first kappa shape index (κ1) is 12.5. The van der Waals surface area contributed by atoms with Crippen molar-refractivity contribution in [3.63, 3.8) is 0 Å². The van der Waals surface area contributed by atoms with Crippen LogP contribution in [0.15, 0.2) is 0 Å². The summed E-state index contributed by atoms with van der Waals surface area (Å²) in [4.78, 5) is 0. The molecule has 0 aliphatic carbocycles. The van der Waals surface area contributed by atoms with Gasteiger partial charge >= 0.3 is 29.6 Å². The minimum atomic E-state index is -0.745. The fourth-order valence-electron chi connectivity index (χ4n) is 0.333. The van der Waals surface area contributed by atoms with Crippen LogP contribution in [0.3, 0.4) is 0 Å². The van der Waals surface area contributed by atoms with Gasteiger partial charge in [-0.2, -0.15) is 0 Å². The zero-order chi connectivity index (χ0) is 6.57. The molecule has 9 heavy (non-hydrogen) atoms. The second kappa shape index (κ2) is 6.99. The number of ether oxygens (including phenoxy) is 2. The van der Waals surface area contributed by atoms with E-state index in [0.717, 1.165) is 0 Å². The fourth-order valence-corrected chi connectivity index (χ4v) is 0.333. The zero-order valence-electron chi connectivity index (χ0n) is 7.42. The van der Waals surface area contributed by atoms with Crippen LogP contribution in [0.25, 0.3) is 0 Å². The second-order valence-electron chi connectivity index (χ2n) is 1.54. The normalized spacial score (nSPS) is 16.0. The van der Waals surface area contributed by atoms with Crippen molar-refractivity contribution in [2.24, 2.45) is 0 Å². The van der Waals surface area contributed by atoms with Crippen LogP contribution in [0.4, 0.5) is 0 Å². The summed E-state index contributed by atoms with van der Waals surface area (Å²) in [6.07, 6.45) is -1.07. The van der Waals surface area contributed by atoms with Crippen molar-refractivity contribution in [2.75, 3.05) is 7.11 Å². The first-order valence-corrected chi connectivity index (χ1v) is 2.53. The molecule has 0 heterocycles. The molecule has 0 aliphatic rings. The van der Waals surface area contributed by atoms with Gasteiger partial charge in [0.1, 0.15) is 0 Å². The summed E-state index contributed by atoms with van der Waals surface area (Å²) < 4.78 is 9.41. The summed E-state index contributed by atoms with van der Waals surface area (Å²) in [5.41, 5.74) is 0. The molecule has 0 aromatic rings. The fraction of sp³-hybridized carbons (Fsp3) is 1.00. The Balaban J connectivity index is -0.000000245. The van der Waals surface area contributed by atoms with E-state index < -0.39 is 6.29 Å². The number of hydrogen-bond acceptors (Lipinski definition) is 3. The molecule has 0 aliphatic heterocycles. The van der Waals surface area contributed by atoms with Gasteiger partial charge in [-0.1, -0.05) is 0 Å². The van der Waals surface area contributed by atoms with Gasteiger partial charge in [0.15, 0.2) is 12.6 Å². The Morgan fingerprint density at radius 2 is 1.89 bits per heavy atom. The van der Waals surface area contributed by atoms with Gasteiger partial charge in [0.2, 0.25) is 0 Å². The quantitative estimate of drug-likeness (QED) is 0.350. The molecule has 0 saturated heterocycles. The maximum absolute atomic E-state index is 8.55. The predicted octanol–water partition coefficient (Wildman–Crippen LogP) is -2.55. The van der Waals surface area contributed by atoms with Crippen LogP contribution in [-0.4, -0.2) is 24.8 Å². The maximum Gasteiger partial charge on any atom is 1.00 e. The van der Waals surface area contributed by atoms with E-state index in [-0.39, 0.29) is 37.3 Å². The number of rotatable bonds is 3. The minimum Gasteiger partial charge on any atom is -1.00 e. The first-order valence-electron chi connectivity index (χ1n) is 2.53. The van der Waals surface area contributed by atoms with Gasteiger partial charge in [-0.05, 0) is 13.8 Å². The van der Waals surface area contributed by atoms with Crippen LogP contribution in [0.1, 0.15) is 15.3 Å². The van der Waals surface area contributed by atoms with Crippen molar-refractivity contribution in [3.8, 4) is 0 Å². The van der Waals surface area contributed by atoms with Crippen LogP contribution < -0.4 is 29.6 Å². The molecule has 0 saturated carbocycles. The van der Waals surface area contributed by atoms with E-state index >= 15 is 0 Å². The summed E-state index contributed by atoms with van der Waals surface area (Å²) in [7, 11) is 1.52. The van der Waals surface area contributed by atoms with E-state index in [2.05, 4.69) is 4.74 Å². The topological polar surface area (TPSA) is 38.7 Å². The summed E-state index contributed by atoms with van der Waals surface area (Å²) in [6.45, 7) is 3.25. The van der Waals surface area contributed by atoms with Gasteiger partial charge in [0.25, 0.3) is 0 Å². The standard InChI is InChI=1S/C5H12O3.Na.H/c1-4(6)8-5(2)7-3;;/h4-6H,1-3H3;;/q;+1;-1. The van der Waals surface area contributed by atoms with Crippen LogP contribution in [0.5, 0.6) is 0 Å². The molecule has 0 radical (unpaired) electrons. The minimum absolute atomic E-state index is 0. The smallest absolute Gasteiger partial charge is 1.00 e. The third kappa shape index (κ3) is 8.88. The molecule has 0 aromatic heterocycles. The number of aliphatic hydroxyl groups is 1. The predicted molar refractivity (Wildman–Crippen MR) is 30.3 cm³/mol. The SMILES string of the molecule is COC(C)OC(C)O.[H-].[Na+]. The Kier molecular flexibility index (Phi) is 9.75. The number of hydrogen-bond donors (Lipinski definition) is 1. The summed E-state index contributed by atoms with van der Waals surface area (Å²) in [5, 5.41) is 8.55. The van der Waals surface area contributed by atoms with Crippen molar-refractivity contribution >= 4 is 0 Å². The van der Waals surface area contributed by atoms with E-state index in [1.165, 1.54) is 14.0 Å². The van der Waals surface area contributed by atoms with Crippen molar-refractivity contribution in [2.45, 2.75) is 26.4 Å². The molecule has 0 aromatic carbocycles. The van der Waals surface area contributed by atoms with Gasteiger partial charge in [-0.25, -0.2) is 0 Å². The van der Waals surface area contributed by atoms with E-state index in [0.29, 0.717) is 0 Å². The Morgan fingerprint density at radius 3 is 2.00 bits per heavy atom. The average Bonchev–Trinajstić information content (AvgIpc) is 1.65. The molecule has 0 rings (SSSR count). The van der Waals surface area contributed by atoms with Gasteiger partial charge < -0.3 is 16.0 Å². The average molecular weight is 144 g/mol. The summed E-state index contributed by atoms with van der Waals surface area (Å²) in [6, 6.07) is 0. The Morgan fingerprint density at radius 1 is 1.44 bits per heavy atom. The number of methoxy groups -OCH3 is 1. The molecule has 4 heteroatoms. The van der Waals surface area contributed by atoms with Crippen molar-refractivity contribution < 1.29 is 45.6 Å². The largest absolute Gasteiger partial charge is 1.00 e. The van der Waals surface area contributed by atoms with Gasteiger partial charge in [-0.15, -0.1) is 0 Å². The van der Waals surface area contributed by atoms with Crippen molar-refractivity contribution in [1.82, 2.24) is 0 Å². The third-order valence-electron chi connectivity index (χ3n) is 0.721. The Bertz CT molecular complexity index is 62.9. The van der Waals surface area contributed by atoms with Gasteiger partial charge in [0.05, 0.1) is 0 Å². The molecular formula is C5H13NaO3. The van der Waals surface area contributed by atoms with E-state index in [1.807, 2.05) is 0 Å². The molecule has 2 atom stereocenters. The molecule has 0 fully saturated rings. The van der Waals surface area contributed by atoms with E-state index in [4.69, 9.17) is 9.84 Å². The third-order valence-corrected chi connectivity index (χ3v) is 0.721. The molecular weight excluding hydrogens is 131 g/mol. The van der Waals surface area contributed by atoms with Crippen molar-refractivity contribution in [1.29, 1.82) is 0 Å². The monoisotopic (exact) mass is 144 g/mol. The molecule has 2 unspecified atom stereocenters. The van der Waals surface area contributed by atoms with Gasteiger partial charge in [0, 0.05) is 7.11 Å². The molecule has 0 bridgehead atoms. The molecule has 3 nitrogen and oxygen atoms in total. The Labute approximate surface area is 79.1 Å². The zero-order valence-corrected chi connectivity index (χ0v) is 8.42. The molecule has 52 valence electrons. The van der Waals surface area contributed by atoms with Gasteiger partial charge in [-0.3, -0.25) is 0 Å². The van der Waals surface area contributed by atoms with E-state index in [9.17, 15) is 0 Å². The summed E-state index contributed by atoms with van der Waals surface area (Å²) >= 11 is 0. The maximum atomic E-state index is 8.55.